The number of aliphatic hydroxyl groups is 5. The van der Waals surface area contributed by atoms with Gasteiger partial charge in [-0.1, -0.05) is 129 Å². The molecule has 0 aromatic rings. The normalized spacial score (nSPS) is 14.8. The second-order valence-electron chi connectivity index (χ2n) is 10.9. The maximum Gasteiger partial charge on any atom is 0.319 e. The molecule has 0 heterocycles. The molecule has 0 bridgehead atoms. The second kappa shape index (κ2) is 27.8. The standard InChI is InChI=1S/C30H61NO7/c1-2-3-4-5-6-7-8-9-10-11-12-13-14-15-16-17-18-19-20-21-22-38-28(35)24-31-23-26(33)29(36)30(37)27(34)25-32/h26-27,29-34,36-37H,2-25H2,1H3/t26-,27+,29+,30+/m0/s1. The van der Waals surface area contributed by atoms with Crippen LogP contribution in [0.15, 0.2) is 0 Å². The van der Waals surface area contributed by atoms with Crippen molar-refractivity contribution in [2.24, 2.45) is 0 Å². The minimum Gasteiger partial charge on any atom is -0.465 e. The van der Waals surface area contributed by atoms with Gasteiger partial charge in [0, 0.05) is 6.54 Å². The van der Waals surface area contributed by atoms with Crippen LogP contribution in [-0.4, -0.2) is 82.2 Å². The van der Waals surface area contributed by atoms with Gasteiger partial charge in [0.25, 0.3) is 0 Å². The van der Waals surface area contributed by atoms with E-state index < -0.39 is 37.0 Å². The molecular formula is C30H61NO7. The fourth-order valence-corrected chi connectivity index (χ4v) is 4.60. The van der Waals surface area contributed by atoms with E-state index in [4.69, 9.17) is 9.84 Å². The maximum atomic E-state index is 11.7. The zero-order valence-corrected chi connectivity index (χ0v) is 24.3. The van der Waals surface area contributed by atoms with E-state index in [9.17, 15) is 25.2 Å². The largest absolute Gasteiger partial charge is 0.465 e. The average Bonchev–Trinajstić information content (AvgIpc) is 2.92. The molecule has 0 aliphatic heterocycles. The molecule has 0 spiro atoms. The Kier molecular flexibility index (Phi) is 27.2. The highest BCUT2D eigenvalue weighted by molar-refractivity contribution is 5.71. The molecule has 0 fully saturated rings. The molecule has 8 nitrogen and oxygen atoms in total. The van der Waals surface area contributed by atoms with Crippen LogP contribution in [0.4, 0.5) is 0 Å². The molecule has 4 atom stereocenters. The fourth-order valence-electron chi connectivity index (χ4n) is 4.60. The summed E-state index contributed by atoms with van der Waals surface area (Å²) in [4.78, 5) is 11.7. The van der Waals surface area contributed by atoms with E-state index in [2.05, 4.69) is 12.2 Å². The summed E-state index contributed by atoms with van der Waals surface area (Å²) in [6.07, 6.45) is 20.2. The van der Waals surface area contributed by atoms with Crippen molar-refractivity contribution in [1.82, 2.24) is 5.32 Å². The molecular weight excluding hydrogens is 486 g/mol. The summed E-state index contributed by atoms with van der Waals surface area (Å²) in [7, 11) is 0. The van der Waals surface area contributed by atoms with Crippen LogP contribution in [0.2, 0.25) is 0 Å². The van der Waals surface area contributed by atoms with E-state index in [0.29, 0.717) is 6.61 Å². The highest BCUT2D eigenvalue weighted by atomic mass is 16.5. The first kappa shape index (κ1) is 37.2. The fraction of sp³-hybridized carbons (Fsp3) is 0.967. The minimum atomic E-state index is -1.68. The van der Waals surface area contributed by atoms with Gasteiger partial charge >= 0.3 is 5.97 Å². The molecule has 6 N–H and O–H groups in total. The monoisotopic (exact) mass is 547 g/mol. The Balaban J connectivity index is 3.34. The third-order valence-corrected chi connectivity index (χ3v) is 7.21. The smallest absolute Gasteiger partial charge is 0.319 e. The van der Waals surface area contributed by atoms with Gasteiger partial charge in [-0.05, 0) is 6.42 Å². The van der Waals surface area contributed by atoms with E-state index in [0.717, 1.165) is 19.3 Å². The van der Waals surface area contributed by atoms with Crippen LogP contribution in [0.25, 0.3) is 0 Å². The average molecular weight is 548 g/mol. The lowest BCUT2D eigenvalue weighted by Crippen LogP contribution is -2.49. The molecule has 38 heavy (non-hydrogen) atoms. The predicted octanol–water partition coefficient (Wildman–Crippen LogP) is 4.38. The van der Waals surface area contributed by atoms with E-state index in [1.165, 1.54) is 109 Å². The lowest BCUT2D eigenvalue weighted by molar-refractivity contribution is -0.143. The summed E-state index contributed by atoms with van der Waals surface area (Å²) < 4.78 is 5.16. The molecule has 0 rings (SSSR count). The summed E-state index contributed by atoms with van der Waals surface area (Å²) in [5.74, 6) is -0.444. The first-order valence-electron chi connectivity index (χ1n) is 15.6. The lowest BCUT2D eigenvalue weighted by Gasteiger charge is -2.25. The SMILES string of the molecule is CCCCCCCCCCCCCCCCCCCCCCOC(=O)CNC[C@H](O)[C@@H](O)[C@H](O)[C@H](O)CO. The van der Waals surface area contributed by atoms with Gasteiger partial charge in [0.15, 0.2) is 0 Å². The van der Waals surface area contributed by atoms with Crippen LogP contribution >= 0.6 is 0 Å². The predicted molar refractivity (Wildman–Crippen MR) is 153 cm³/mol. The number of nitrogens with one attached hydrogen (secondary N) is 1. The highest BCUT2D eigenvalue weighted by Gasteiger charge is 2.29. The number of aliphatic hydroxyl groups excluding tert-OH is 5. The van der Waals surface area contributed by atoms with Crippen molar-refractivity contribution in [3.8, 4) is 0 Å². The van der Waals surface area contributed by atoms with Gasteiger partial charge in [0.05, 0.1) is 25.9 Å². The van der Waals surface area contributed by atoms with Crippen LogP contribution in [0.5, 0.6) is 0 Å². The molecule has 0 aliphatic carbocycles. The minimum absolute atomic E-state index is 0.123. The lowest BCUT2D eigenvalue weighted by atomic mass is 10.0. The van der Waals surface area contributed by atoms with Gasteiger partial charge in [-0.15, -0.1) is 0 Å². The Morgan fingerprint density at radius 3 is 1.37 bits per heavy atom. The number of unbranched alkanes of at least 4 members (excludes halogenated alkanes) is 19. The summed E-state index contributed by atoms with van der Waals surface area (Å²) in [6.45, 7) is 1.62. The van der Waals surface area contributed by atoms with Crippen LogP contribution in [0, 0.1) is 0 Å². The van der Waals surface area contributed by atoms with Crippen molar-refractivity contribution >= 4 is 5.97 Å². The van der Waals surface area contributed by atoms with Crippen molar-refractivity contribution in [1.29, 1.82) is 0 Å². The first-order chi connectivity index (χ1) is 18.4. The van der Waals surface area contributed by atoms with Crippen molar-refractivity contribution in [3.63, 3.8) is 0 Å². The quantitative estimate of drug-likeness (QED) is 0.0599. The van der Waals surface area contributed by atoms with Crippen molar-refractivity contribution in [2.75, 3.05) is 26.3 Å². The number of carbonyl (C=O) groups excluding carboxylic acids is 1. The van der Waals surface area contributed by atoms with Crippen LogP contribution in [0.1, 0.15) is 135 Å². The van der Waals surface area contributed by atoms with Gasteiger partial charge in [-0.3, -0.25) is 4.79 Å². The van der Waals surface area contributed by atoms with Crippen LogP contribution in [-0.2, 0) is 9.53 Å². The van der Waals surface area contributed by atoms with Gasteiger partial charge in [0.1, 0.15) is 18.3 Å². The number of hydrogen-bond donors (Lipinski definition) is 6. The molecule has 0 aliphatic rings. The molecule has 0 saturated carbocycles. The first-order valence-corrected chi connectivity index (χ1v) is 15.6. The Hall–Kier alpha value is -0.770. The summed E-state index contributed by atoms with van der Waals surface area (Å²) >= 11 is 0. The van der Waals surface area contributed by atoms with E-state index in [-0.39, 0.29) is 13.1 Å². The number of hydrogen-bond acceptors (Lipinski definition) is 8. The van der Waals surface area contributed by atoms with E-state index in [1.54, 1.807) is 0 Å². The van der Waals surface area contributed by atoms with Crippen molar-refractivity contribution < 1.29 is 35.1 Å². The van der Waals surface area contributed by atoms with Gasteiger partial charge in [0.2, 0.25) is 0 Å². The van der Waals surface area contributed by atoms with Crippen LogP contribution in [0.3, 0.4) is 0 Å². The molecule has 0 saturated heterocycles. The number of carbonyl (C=O) groups is 1. The molecule has 0 unspecified atom stereocenters. The number of rotatable bonds is 29. The number of ether oxygens (including phenoxy) is 1. The van der Waals surface area contributed by atoms with Gasteiger partial charge in [-0.25, -0.2) is 0 Å². The zero-order chi connectivity index (χ0) is 28.3. The molecule has 0 amide bonds. The van der Waals surface area contributed by atoms with Crippen molar-refractivity contribution in [2.45, 2.75) is 160 Å². The molecule has 228 valence electrons. The number of esters is 1. The van der Waals surface area contributed by atoms with Gasteiger partial charge < -0.3 is 35.6 Å². The Labute approximate surface area is 232 Å². The molecule has 0 radical (unpaired) electrons. The Bertz CT molecular complexity index is 509. The third-order valence-electron chi connectivity index (χ3n) is 7.21. The second-order valence-corrected chi connectivity index (χ2v) is 10.9. The zero-order valence-electron chi connectivity index (χ0n) is 24.3. The van der Waals surface area contributed by atoms with E-state index in [1.807, 2.05) is 0 Å². The van der Waals surface area contributed by atoms with E-state index >= 15 is 0 Å². The Morgan fingerprint density at radius 1 is 0.605 bits per heavy atom. The van der Waals surface area contributed by atoms with Crippen LogP contribution < -0.4 is 5.32 Å². The van der Waals surface area contributed by atoms with Gasteiger partial charge in [-0.2, -0.15) is 0 Å². The maximum absolute atomic E-state index is 11.7. The Morgan fingerprint density at radius 2 is 0.974 bits per heavy atom. The summed E-state index contributed by atoms with van der Waals surface area (Å²) in [5.41, 5.74) is 0. The molecule has 0 aromatic heterocycles. The third kappa shape index (κ3) is 23.1. The molecule has 8 heteroatoms. The van der Waals surface area contributed by atoms with Crippen molar-refractivity contribution in [3.05, 3.63) is 0 Å². The summed E-state index contributed by atoms with van der Waals surface area (Å²) in [6, 6.07) is 0. The summed E-state index contributed by atoms with van der Waals surface area (Å²) in [5, 5.41) is 49.8. The highest BCUT2D eigenvalue weighted by Crippen LogP contribution is 2.15. The molecule has 0 aromatic carbocycles. The topological polar surface area (TPSA) is 139 Å².